The predicted octanol–water partition coefficient (Wildman–Crippen LogP) is 4.13. The summed E-state index contributed by atoms with van der Waals surface area (Å²) in [5.41, 5.74) is 8.26. The second-order valence-electron chi connectivity index (χ2n) is 5.10. The van der Waals surface area contributed by atoms with E-state index in [0.29, 0.717) is 27.4 Å². The van der Waals surface area contributed by atoms with Gasteiger partial charge in [0.15, 0.2) is 0 Å². The second-order valence-corrected chi connectivity index (χ2v) is 6.46. The minimum atomic E-state index is -0.306. The molecule has 0 spiro atoms. The molecule has 6 heteroatoms. The molecule has 0 fully saturated rings. The van der Waals surface area contributed by atoms with Gasteiger partial charge in [-0.1, -0.05) is 46.3 Å². The quantitative estimate of drug-likeness (QED) is 0.682. The van der Waals surface area contributed by atoms with Crippen LogP contribution in [0.3, 0.4) is 0 Å². The van der Waals surface area contributed by atoms with Gasteiger partial charge in [0.1, 0.15) is 16.6 Å². The highest BCUT2D eigenvalue weighted by Gasteiger charge is 2.09. The molecule has 0 unspecified atom stereocenters. The molecule has 3 rings (SSSR count). The molecule has 3 aromatic rings. The fraction of sp³-hybridized carbons (Fsp3) is 0.0588. The van der Waals surface area contributed by atoms with E-state index in [-0.39, 0.29) is 5.82 Å². The van der Waals surface area contributed by atoms with Crippen molar-refractivity contribution >= 4 is 33.1 Å². The fourth-order valence-electron chi connectivity index (χ4n) is 2.40. The van der Waals surface area contributed by atoms with Gasteiger partial charge in [-0.3, -0.25) is 0 Å². The van der Waals surface area contributed by atoms with Crippen LogP contribution in [0.15, 0.2) is 59.3 Å². The summed E-state index contributed by atoms with van der Waals surface area (Å²) in [5, 5.41) is 0. The molecule has 0 saturated heterocycles. The van der Waals surface area contributed by atoms with E-state index in [1.165, 1.54) is 12.1 Å². The minimum absolute atomic E-state index is 0.306. The van der Waals surface area contributed by atoms with Crippen LogP contribution >= 0.6 is 28.1 Å². The van der Waals surface area contributed by atoms with Crippen molar-refractivity contribution in [2.45, 2.75) is 6.54 Å². The van der Waals surface area contributed by atoms with Crippen molar-refractivity contribution in [3.63, 3.8) is 0 Å². The molecule has 0 atom stereocenters. The highest BCUT2D eigenvalue weighted by molar-refractivity contribution is 9.10. The van der Waals surface area contributed by atoms with Gasteiger partial charge < -0.3 is 10.3 Å². The monoisotopic (exact) mass is 389 g/mol. The van der Waals surface area contributed by atoms with Crippen LogP contribution in [0, 0.1) is 5.82 Å². The summed E-state index contributed by atoms with van der Waals surface area (Å²) in [6, 6.07) is 12.5. The maximum Gasteiger partial charge on any atom is 0.140 e. The van der Waals surface area contributed by atoms with E-state index in [0.717, 1.165) is 11.1 Å². The number of thiocarbonyl (C=S) groups is 1. The Balaban J connectivity index is 1.95. The number of hydrogen-bond acceptors (Lipinski definition) is 2. The fourth-order valence-corrected chi connectivity index (χ4v) is 2.99. The van der Waals surface area contributed by atoms with Crippen LogP contribution in [0.2, 0.25) is 0 Å². The molecule has 0 aliphatic heterocycles. The smallest absolute Gasteiger partial charge is 0.140 e. The Labute approximate surface area is 147 Å². The molecule has 0 saturated carbocycles. The van der Waals surface area contributed by atoms with Gasteiger partial charge >= 0.3 is 0 Å². The van der Waals surface area contributed by atoms with Crippen LogP contribution in [0.25, 0.3) is 11.4 Å². The Morgan fingerprint density at radius 1 is 1.26 bits per heavy atom. The van der Waals surface area contributed by atoms with Crippen molar-refractivity contribution in [3.05, 3.63) is 76.3 Å². The molecule has 2 aromatic carbocycles. The lowest BCUT2D eigenvalue weighted by Crippen LogP contribution is -2.10. The van der Waals surface area contributed by atoms with E-state index in [1.54, 1.807) is 6.20 Å². The van der Waals surface area contributed by atoms with Crippen LogP contribution in [0.4, 0.5) is 4.39 Å². The Morgan fingerprint density at radius 3 is 2.83 bits per heavy atom. The normalized spacial score (nSPS) is 10.7. The zero-order chi connectivity index (χ0) is 16.4. The number of halogens is 2. The van der Waals surface area contributed by atoms with E-state index in [9.17, 15) is 4.39 Å². The van der Waals surface area contributed by atoms with Crippen LogP contribution in [0.1, 0.15) is 11.1 Å². The molecular weight excluding hydrogens is 377 g/mol. The van der Waals surface area contributed by atoms with Gasteiger partial charge in [0.05, 0.1) is 0 Å². The van der Waals surface area contributed by atoms with Crippen LogP contribution in [-0.2, 0) is 6.54 Å². The number of nitrogens with two attached hydrogens (primary N) is 1. The summed E-state index contributed by atoms with van der Waals surface area (Å²) in [5.74, 6) is 0.394. The lowest BCUT2D eigenvalue weighted by atomic mass is 10.1. The van der Waals surface area contributed by atoms with Crippen molar-refractivity contribution in [3.8, 4) is 11.4 Å². The standard InChI is InChI=1S/C17H13BrFN3S/c18-14-7-13(8-15(19)9-14)17-21-4-5-22(17)10-11-2-1-3-12(6-11)16(20)23/h1-9H,10H2,(H2,20,23). The van der Waals surface area contributed by atoms with Gasteiger partial charge in [-0.05, 0) is 29.8 Å². The number of aromatic nitrogens is 2. The van der Waals surface area contributed by atoms with Gasteiger partial charge in [0.25, 0.3) is 0 Å². The van der Waals surface area contributed by atoms with Crippen molar-refractivity contribution < 1.29 is 4.39 Å². The first-order chi connectivity index (χ1) is 11.0. The van der Waals surface area contributed by atoms with E-state index in [2.05, 4.69) is 20.9 Å². The van der Waals surface area contributed by atoms with Crippen molar-refractivity contribution in [1.29, 1.82) is 0 Å². The summed E-state index contributed by atoms with van der Waals surface area (Å²) in [6.07, 6.45) is 3.56. The molecule has 2 N–H and O–H groups in total. The second kappa shape index (κ2) is 6.60. The molecule has 23 heavy (non-hydrogen) atoms. The summed E-state index contributed by atoms with van der Waals surface area (Å²) < 4.78 is 16.3. The average molecular weight is 390 g/mol. The summed E-state index contributed by atoms with van der Waals surface area (Å²) >= 11 is 8.32. The first kappa shape index (κ1) is 15.8. The molecule has 0 bridgehead atoms. The van der Waals surface area contributed by atoms with Gasteiger partial charge in [-0.2, -0.15) is 0 Å². The zero-order valence-corrected chi connectivity index (χ0v) is 14.4. The maximum atomic E-state index is 13.6. The van der Waals surface area contributed by atoms with Gasteiger partial charge in [-0.25, -0.2) is 9.37 Å². The van der Waals surface area contributed by atoms with Crippen LogP contribution in [0.5, 0.6) is 0 Å². The highest BCUT2D eigenvalue weighted by Crippen LogP contribution is 2.24. The molecule has 0 radical (unpaired) electrons. The number of imidazole rings is 1. The molecule has 0 aliphatic rings. The van der Waals surface area contributed by atoms with Crippen molar-refractivity contribution in [1.82, 2.24) is 9.55 Å². The van der Waals surface area contributed by atoms with E-state index >= 15 is 0 Å². The Bertz CT molecular complexity index is 856. The third-order valence-electron chi connectivity index (χ3n) is 3.40. The Kier molecular flexibility index (Phi) is 4.54. The van der Waals surface area contributed by atoms with Crippen LogP contribution in [-0.4, -0.2) is 14.5 Å². The average Bonchev–Trinajstić information content (AvgIpc) is 2.94. The van der Waals surface area contributed by atoms with Gasteiger partial charge in [0.2, 0.25) is 0 Å². The lowest BCUT2D eigenvalue weighted by Gasteiger charge is -2.10. The van der Waals surface area contributed by atoms with E-state index in [4.69, 9.17) is 18.0 Å². The molecule has 0 aliphatic carbocycles. The van der Waals surface area contributed by atoms with Crippen molar-refractivity contribution in [2.24, 2.45) is 5.73 Å². The summed E-state index contributed by atoms with van der Waals surface area (Å²) in [6.45, 7) is 0.597. The molecule has 0 amide bonds. The maximum absolute atomic E-state index is 13.6. The first-order valence-corrected chi connectivity index (χ1v) is 8.09. The van der Waals surface area contributed by atoms with Crippen molar-refractivity contribution in [2.75, 3.05) is 0 Å². The predicted molar refractivity (Wildman–Crippen MR) is 96.8 cm³/mol. The first-order valence-electron chi connectivity index (χ1n) is 6.89. The van der Waals surface area contributed by atoms with E-state index < -0.39 is 0 Å². The highest BCUT2D eigenvalue weighted by atomic mass is 79.9. The third kappa shape index (κ3) is 3.65. The molecule has 116 valence electrons. The number of rotatable bonds is 4. The largest absolute Gasteiger partial charge is 0.389 e. The van der Waals surface area contributed by atoms with Crippen LogP contribution < -0.4 is 5.73 Å². The third-order valence-corrected chi connectivity index (χ3v) is 4.09. The van der Waals surface area contributed by atoms with Gasteiger partial charge in [0, 0.05) is 34.5 Å². The molecule has 1 aromatic heterocycles. The Morgan fingerprint density at radius 2 is 2.09 bits per heavy atom. The van der Waals surface area contributed by atoms with E-state index in [1.807, 2.05) is 41.1 Å². The number of benzene rings is 2. The number of hydrogen-bond donors (Lipinski definition) is 1. The lowest BCUT2D eigenvalue weighted by molar-refractivity contribution is 0.627. The minimum Gasteiger partial charge on any atom is -0.389 e. The Hall–Kier alpha value is -2.05. The topological polar surface area (TPSA) is 43.8 Å². The number of nitrogens with zero attached hydrogens (tertiary/aromatic N) is 2. The summed E-state index contributed by atoms with van der Waals surface area (Å²) in [7, 11) is 0. The molecule has 3 nitrogen and oxygen atoms in total. The van der Waals surface area contributed by atoms with Gasteiger partial charge in [-0.15, -0.1) is 0 Å². The SMILES string of the molecule is NC(=S)c1cccc(Cn2ccnc2-c2cc(F)cc(Br)c2)c1. The summed E-state index contributed by atoms with van der Waals surface area (Å²) in [4.78, 5) is 4.71. The zero-order valence-electron chi connectivity index (χ0n) is 12.0. The molecule has 1 heterocycles. The molecular formula is C17H13BrFN3S.